The monoisotopic (exact) mass is 302 g/mol. The summed E-state index contributed by atoms with van der Waals surface area (Å²) in [7, 11) is 2.21. The summed E-state index contributed by atoms with van der Waals surface area (Å²) < 4.78 is 0. The zero-order valence-electron chi connectivity index (χ0n) is 12.9. The molecule has 1 aliphatic rings. The molecule has 0 fully saturated rings. The van der Waals surface area contributed by atoms with Gasteiger partial charge in [0, 0.05) is 17.9 Å². The first-order valence-corrected chi connectivity index (χ1v) is 7.31. The van der Waals surface area contributed by atoms with Crippen LogP contribution in [-0.2, 0) is 6.42 Å². The zero-order chi connectivity index (χ0) is 14.1. The van der Waals surface area contributed by atoms with Crippen molar-refractivity contribution in [1.29, 1.82) is 0 Å². The maximum atomic E-state index is 2.45. The number of hydrogen-bond donors (Lipinski definition) is 0. The van der Waals surface area contributed by atoms with Crippen LogP contribution in [0.2, 0.25) is 0 Å². The van der Waals surface area contributed by atoms with Gasteiger partial charge in [0.2, 0.25) is 0 Å². The van der Waals surface area contributed by atoms with Crippen molar-refractivity contribution in [3.05, 3.63) is 59.7 Å². The van der Waals surface area contributed by atoms with Gasteiger partial charge >= 0.3 is 0 Å². The molecule has 2 aromatic rings. The van der Waals surface area contributed by atoms with Gasteiger partial charge in [-0.2, -0.15) is 0 Å². The van der Waals surface area contributed by atoms with E-state index >= 15 is 0 Å². The first-order chi connectivity index (χ1) is 9.66. The lowest BCUT2D eigenvalue weighted by Crippen LogP contribution is -2.41. The largest absolute Gasteiger partial charge is 0.325 e. The van der Waals surface area contributed by atoms with Crippen LogP contribution in [-0.4, -0.2) is 24.7 Å². The number of benzene rings is 2. The van der Waals surface area contributed by atoms with E-state index in [1.807, 2.05) is 0 Å². The Morgan fingerprint density at radius 1 is 1.00 bits per heavy atom. The topological polar surface area (TPSA) is 6.48 Å². The Labute approximate surface area is 133 Å². The molecule has 1 aliphatic heterocycles. The van der Waals surface area contributed by atoms with Crippen LogP contribution in [0.4, 0.5) is 11.4 Å². The molecule has 0 N–H and O–H groups in total. The fraction of sp³-hybridized carbons (Fsp3) is 0.333. The summed E-state index contributed by atoms with van der Waals surface area (Å²) in [6.45, 7) is 5.51. The van der Waals surface area contributed by atoms with Crippen molar-refractivity contribution in [2.24, 2.45) is 0 Å². The summed E-state index contributed by atoms with van der Waals surface area (Å²) in [5, 5.41) is 0. The van der Waals surface area contributed by atoms with Crippen molar-refractivity contribution in [3.63, 3.8) is 0 Å². The van der Waals surface area contributed by atoms with Gasteiger partial charge in [-0.15, -0.1) is 12.4 Å². The molecule has 0 aliphatic carbocycles. The minimum Gasteiger partial charge on any atom is -0.325 e. The minimum atomic E-state index is 0. The third-order valence-electron chi connectivity index (χ3n) is 4.31. The standard InChI is InChI=1S/C18H22N2.ClH/c1-14-8-10-17(11-9-14)20-15(2)19(3)13-12-16-6-4-5-7-18(16)20;/h4-11,15H,12-13H2,1-3H3;1H. The third kappa shape index (κ3) is 3.07. The van der Waals surface area contributed by atoms with Gasteiger partial charge < -0.3 is 4.90 Å². The van der Waals surface area contributed by atoms with Crippen molar-refractivity contribution in [2.75, 3.05) is 18.5 Å². The number of hydrogen-bond acceptors (Lipinski definition) is 2. The maximum Gasteiger partial charge on any atom is 0.0839 e. The summed E-state index contributed by atoms with van der Waals surface area (Å²) in [4.78, 5) is 4.86. The second-order valence-corrected chi connectivity index (χ2v) is 5.70. The van der Waals surface area contributed by atoms with Gasteiger partial charge in [-0.05, 0) is 51.1 Å². The number of nitrogens with zero attached hydrogens (tertiary/aromatic N) is 2. The van der Waals surface area contributed by atoms with Crippen LogP contribution < -0.4 is 4.90 Å². The molecule has 3 heteroatoms. The first-order valence-electron chi connectivity index (χ1n) is 7.31. The van der Waals surface area contributed by atoms with E-state index in [-0.39, 0.29) is 12.4 Å². The summed E-state index contributed by atoms with van der Waals surface area (Å²) in [5.74, 6) is 0. The van der Waals surface area contributed by atoms with Gasteiger partial charge in [-0.25, -0.2) is 0 Å². The first kappa shape index (κ1) is 15.9. The van der Waals surface area contributed by atoms with Crippen molar-refractivity contribution >= 4 is 23.8 Å². The molecule has 0 spiro atoms. The molecule has 0 bridgehead atoms. The Morgan fingerprint density at radius 2 is 1.67 bits per heavy atom. The highest BCUT2D eigenvalue weighted by Gasteiger charge is 2.25. The average Bonchev–Trinajstić information content (AvgIpc) is 2.59. The van der Waals surface area contributed by atoms with E-state index in [2.05, 4.69) is 79.2 Å². The Bertz CT molecular complexity index is 594. The number of halogens is 1. The van der Waals surface area contributed by atoms with E-state index in [4.69, 9.17) is 0 Å². The predicted molar refractivity (Wildman–Crippen MR) is 92.8 cm³/mol. The molecular formula is C18H23ClN2. The van der Waals surface area contributed by atoms with E-state index in [1.165, 1.54) is 22.5 Å². The second-order valence-electron chi connectivity index (χ2n) is 5.70. The van der Waals surface area contributed by atoms with Crippen LogP contribution in [0.1, 0.15) is 18.1 Å². The highest BCUT2D eigenvalue weighted by atomic mass is 35.5. The zero-order valence-corrected chi connectivity index (χ0v) is 13.7. The SMILES string of the molecule is Cc1ccc(N2c3ccccc3CCN(C)C2C)cc1.Cl. The molecular weight excluding hydrogens is 280 g/mol. The lowest BCUT2D eigenvalue weighted by atomic mass is 10.1. The lowest BCUT2D eigenvalue weighted by Gasteiger charge is -2.35. The lowest BCUT2D eigenvalue weighted by molar-refractivity contribution is 0.271. The molecule has 1 atom stereocenters. The number of para-hydroxylation sites is 1. The summed E-state index contributed by atoms with van der Waals surface area (Å²) in [6.07, 6.45) is 1.47. The summed E-state index contributed by atoms with van der Waals surface area (Å²) in [6, 6.07) is 17.6. The highest BCUT2D eigenvalue weighted by molar-refractivity contribution is 5.85. The Morgan fingerprint density at radius 3 is 2.38 bits per heavy atom. The summed E-state index contributed by atoms with van der Waals surface area (Å²) in [5.41, 5.74) is 5.35. The predicted octanol–water partition coefficient (Wildman–Crippen LogP) is 4.39. The van der Waals surface area contributed by atoms with Gasteiger partial charge in [0.05, 0.1) is 6.17 Å². The van der Waals surface area contributed by atoms with Gasteiger partial charge in [0.1, 0.15) is 0 Å². The minimum absolute atomic E-state index is 0. The van der Waals surface area contributed by atoms with Crippen LogP contribution in [0.15, 0.2) is 48.5 Å². The van der Waals surface area contributed by atoms with Crippen molar-refractivity contribution < 1.29 is 0 Å². The number of anilines is 2. The van der Waals surface area contributed by atoms with E-state index in [0.29, 0.717) is 6.17 Å². The molecule has 112 valence electrons. The van der Waals surface area contributed by atoms with Crippen molar-refractivity contribution in [1.82, 2.24) is 4.90 Å². The molecule has 21 heavy (non-hydrogen) atoms. The molecule has 0 radical (unpaired) electrons. The third-order valence-corrected chi connectivity index (χ3v) is 4.31. The molecule has 2 aromatic carbocycles. The Hall–Kier alpha value is -1.51. The molecule has 0 saturated heterocycles. The molecule has 0 amide bonds. The quantitative estimate of drug-likeness (QED) is 0.771. The highest BCUT2D eigenvalue weighted by Crippen LogP contribution is 2.34. The van der Waals surface area contributed by atoms with Gasteiger partial charge in [0.15, 0.2) is 0 Å². The van der Waals surface area contributed by atoms with Gasteiger partial charge in [-0.1, -0.05) is 35.9 Å². The molecule has 1 heterocycles. The summed E-state index contributed by atoms with van der Waals surface area (Å²) >= 11 is 0. The van der Waals surface area contributed by atoms with E-state index in [9.17, 15) is 0 Å². The fourth-order valence-corrected chi connectivity index (χ4v) is 2.90. The van der Waals surface area contributed by atoms with Gasteiger partial charge in [0.25, 0.3) is 0 Å². The molecule has 2 nitrogen and oxygen atoms in total. The average molecular weight is 303 g/mol. The van der Waals surface area contributed by atoms with Crippen LogP contribution >= 0.6 is 12.4 Å². The van der Waals surface area contributed by atoms with Crippen LogP contribution in [0.5, 0.6) is 0 Å². The number of rotatable bonds is 1. The van der Waals surface area contributed by atoms with Crippen molar-refractivity contribution in [2.45, 2.75) is 26.4 Å². The molecule has 0 saturated carbocycles. The number of likely N-dealkylation sites (N-methyl/N-ethyl adjacent to an activating group) is 1. The smallest absolute Gasteiger partial charge is 0.0839 e. The van der Waals surface area contributed by atoms with E-state index in [1.54, 1.807) is 0 Å². The Kier molecular flexibility index (Phi) is 4.92. The maximum absolute atomic E-state index is 2.45. The Balaban J connectivity index is 0.00000161. The van der Waals surface area contributed by atoms with Crippen LogP contribution in [0.3, 0.4) is 0 Å². The molecule has 1 unspecified atom stereocenters. The molecule has 3 rings (SSSR count). The van der Waals surface area contributed by atoms with Crippen LogP contribution in [0.25, 0.3) is 0 Å². The molecule has 0 aromatic heterocycles. The van der Waals surface area contributed by atoms with Crippen molar-refractivity contribution in [3.8, 4) is 0 Å². The normalized spacial score (nSPS) is 18.6. The van der Waals surface area contributed by atoms with E-state index < -0.39 is 0 Å². The number of fused-ring (bicyclic) bond motifs is 1. The fourth-order valence-electron chi connectivity index (χ4n) is 2.90. The van der Waals surface area contributed by atoms with E-state index in [0.717, 1.165) is 13.0 Å². The second kappa shape index (κ2) is 6.50. The van der Waals surface area contributed by atoms with Gasteiger partial charge in [-0.3, -0.25) is 4.90 Å². The number of aryl methyl sites for hydroxylation is 1. The van der Waals surface area contributed by atoms with Crippen LogP contribution in [0, 0.1) is 6.92 Å².